The smallest absolute Gasteiger partial charge is 0.279 e. The van der Waals surface area contributed by atoms with Crippen molar-refractivity contribution < 1.29 is 9.53 Å². The van der Waals surface area contributed by atoms with Gasteiger partial charge in [0.25, 0.3) is 5.91 Å². The molecule has 2 aromatic heterocycles. The molecule has 24 heavy (non-hydrogen) atoms. The number of aromatic amines is 1. The van der Waals surface area contributed by atoms with Crippen LogP contribution in [0.1, 0.15) is 39.7 Å². The topological polar surface area (TPSA) is 106 Å². The maximum Gasteiger partial charge on any atom is 0.279 e. The monoisotopic (exact) mass is 344 g/mol. The van der Waals surface area contributed by atoms with Crippen LogP contribution in [-0.4, -0.2) is 31.5 Å². The van der Waals surface area contributed by atoms with Gasteiger partial charge < -0.3 is 4.74 Å². The van der Waals surface area contributed by atoms with Crippen molar-refractivity contribution in [3.8, 4) is 5.75 Å². The molecule has 1 atom stereocenters. The Balaban J connectivity index is 1.68. The largest absolute Gasteiger partial charge is 0.483 e. The average Bonchev–Trinajstić information content (AvgIpc) is 3.23. The van der Waals surface area contributed by atoms with E-state index in [-0.39, 0.29) is 11.8 Å². The number of ether oxygens (including phenoxy) is 1. The van der Waals surface area contributed by atoms with Gasteiger partial charge in [-0.3, -0.25) is 10.1 Å². The van der Waals surface area contributed by atoms with E-state index in [9.17, 15) is 4.79 Å². The summed E-state index contributed by atoms with van der Waals surface area (Å²) in [4.78, 5) is 11.9. The summed E-state index contributed by atoms with van der Waals surface area (Å²) in [5.41, 5.74) is 2.44. The minimum Gasteiger partial charge on any atom is -0.483 e. The number of rotatable bonds is 5. The number of benzene rings is 1. The van der Waals surface area contributed by atoms with Crippen molar-refractivity contribution in [3.63, 3.8) is 0 Å². The Labute approximate surface area is 142 Å². The summed E-state index contributed by atoms with van der Waals surface area (Å²) in [6.45, 7) is 5.95. The van der Waals surface area contributed by atoms with Crippen LogP contribution < -0.4 is 10.1 Å². The second-order valence-corrected chi connectivity index (χ2v) is 6.22. The van der Waals surface area contributed by atoms with Gasteiger partial charge in [-0.25, -0.2) is 0 Å². The highest BCUT2D eigenvalue weighted by Gasteiger charge is 2.17. The summed E-state index contributed by atoms with van der Waals surface area (Å²) in [5, 5.41) is 21.4. The maximum atomic E-state index is 11.9. The van der Waals surface area contributed by atoms with Crippen LogP contribution in [0.3, 0.4) is 0 Å². The number of hydrogen-bond acceptors (Lipinski definition) is 7. The first kappa shape index (κ1) is 16.1. The summed E-state index contributed by atoms with van der Waals surface area (Å²) in [6.07, 6.45) is 1.06. The Bertz CT molecular complexity index is 846. The minimum atomic E-state index is -0.394. The lowest BCUT2D eigenvalue weighted by Crippen LogP contribution is -2.12. The lowest BCUT2D eigenvalue weighted by Gasteiger charge is -2.14. The van der Waals surface area contributed by atoms with Crippen molar-refractivity contribution in [3.05, 3.63) is 46.2 Å². The fourth-order valence-corrected chi connectivity index (χ4v) is 2.73. The lowest BCUT2D eigenvalue weighted by molar-refractivity contribution is 0.102. The zero-order valence-corrected chi connectivity index (χ0v) is 14.2. The van der Waals surface area contributed by atoms with Gasteiger partial charge in [0, 0.05) is 0 Å². The van der Waals surface area contributed by atoms with Gasteiger partial charge in [-0.2, -0.15) is 15.4 Å². The van der Waals surface area contributed by atoms with E-state index < -0.39 is 5.91 Å². The molecule has 2 N–H and O–H groups in total. The molecule has 0 bridgehead atoms. The first-order valence-electron chi connectivity index (χ1n) is 7.28. The molecule has 0 radical (unpaired) electrons. The number of hydrogen-bond donors (Lipinski definition) is 2. The SMILES string of the molecule is Cc1cccc(O[C@H](C)c2nnc(NC(=O)c3cn[nH]n3)s2)c1C. The van der Waals surface area contributed by atoms with Gasteiger partial charge in [0.05, 0.1) is 6.20 Å². The van der Waals surface area contributed by atoms with E-state index in [1.807, 2.05) is 39.0 Å². The van der Waals surface area contributed by atoms with E-state index in [1.165, 1.54) is 17.5 Å². The molecule has 124 valence electrons. The molecule has 0 aliphatic carbocycles. The molecule has 0 spiro atoms. The van der Waals surface area contributed by atoms with Crippen LogP contribution in [-0.2, 0) is 0 Å². The normalized spacial score (nSPS) is 12.0. The fourth-order valence-electron chi connectivity index (χ4n) is 2.01. The molecule has 0 fully saturated rings. The predicted molar refractivity (Wildman–Crippen MR) is 89.2 cm³/mol. The van der Waals surface area contributed by atoms with E-state index in [1.54, 1.807) is 0 Å². The predicted octanol–water partition coefficient (Wildman–Crippen LogP) is 2.67. The zero-order valence-electron chi connectivity index (χ0n) is 13.4. The van der Waals surface area contributed by atoms with Gasteiger partial charge in [-0.05, 0) is 38.0 Å². The highest BCUT2D eigenvalue weighted by Crippen LogP contribution is 2.29. The van der Waals surface area contributed by atoms with Crippen molar-refractivity contribution in [2.45, 2.75) is 26.9 Å². The quantitative estimate of drug-likeness (QED) is 0.737. The van der Waals surface area contributed by atoms with E-state index >= 15 is 0 Å². The van der Waals surface area contributed by atoms with Crippen LogP contribution >= 0.6 is 11.3 Å². The summed E-state index contributed by atoms with van der Waals surface area (Å²) in [6, 6.07) is 5.91. The Morgan fingerprint density at radius 1 is 1.33 bits per heavy atom. The van der Waals surface area contributed by atoms with E-state index in [4.69, 9.17) is 4.74 Å². The van der Waals surface area contributed by atoms with Gasteiger partial charge >= 0.3 is 0 Å². The molecule has 1 aromatic carbocycles. The first-order chi connectivity index (χ1) is 11.5. The second-order valence-electron chi connectivity index (χ2n) is 5.21. The van der Waals surface area contributed by atoms with Crippen LogP contribution in [0.25, 0.3) is 0 Å². The zero-order chi connectivity index (χ0) is 17.1. The van der Waals surface area contributed by atoms with E-state index in [0.717, 1.165) is 16.9 Å². The van der Waals surface area contributed by atoms with Crippen LogP contribution in [0.2, 0.25) is 0 Å². The van der Waals surface area contributed by atoms with Crippen LogP contribution in [0.5, 0.6) is 5.75 Å². The molecule has 0 unspecified atom stereocenters. The molecule has 2 heterocycles. The standard InChI is InChI=1S/C15H16N6O2S/c1-8-5-4-6-12(9(8)2)23-10(3)14-19-20-15(24-14)17-13(22)11-7-16-21-18-11/h4-7,10H,1-3H3,(H,16,18,21)(H,17,20,22)/t10-/m1/s1. The molecule has 3 aromatic rings. The molecule has 0 aliphatic heterocycles. The first-order valence-corrected chi connectivity index (χ1v) is 8.09. The molecule has 0 saturated carbocycles. The van der Waals surface area contributed by atoms with Crippen molar-refractivity contribution in [1.82, 2.24) is 25.6 Å². The summed E-state index contributed by atoms with van der Waals surface area (Å²) in [7, 11) is 0. The van der Waals surface area contributed by atoms with Gasteiger partial charge in [0.2, 0.25) is 5.13 Å². The molecular formula is C15H16N6O2S. The molecule has 0 saturated heterocycles. The Hall–Kier alpha value is -2.81. The number of nitrogens with zero attached hydrogens (tertiary/aromatic N) is 4. The average molecular weight is 344 g/mol. The van der Waals surface area contributed by atoms with Crippen LogP contribution in [0, 0.1) is 13.8 Å². The fraction of sp³-hybridized carbons (Fsp3) is 0.267. The number of aromatic nitrogens is 5. The van der Waals surface area contributed by atoms with Gasteiger partial charge in [0.15, 0.2) is 10.7 Å². The maximum absolute atomic E-state index is 11.9. The van der Waals surface area contributed by atoms with Gasteiger partial charge in [0.1, 0.15) is 11.9 Å². The molecule has 1 amide bonds. The Morgan fingerprint density at radius 3 is 2.92 bits per heavy atom. The number of nitrogens with one attached hydrogen (secondary N) is 2. The third kappa shape index (κ3) is 3.40. The summed E-state index contributed by atoms with van der Waals surface area (Å²) < 4.78 is 5.97. The van der Waals surface area contributed by atoms with Crippen molar-refractivity contribution >= 4 is 22.4 Å². The Morgan fingerprint density at radius 2 is 2.17 bits per heavy atom. The van der Waals surface area contributed by atoms with E-state index in [2.05, 4.69) is 30.9 Å². The number of amides is 1. The highest BCUT2D eigenvalue weighted by atomic mass is 32.1. The molecule has 3 rings (SSSR count). The third-order valence-corrected chi connectivity index (χ3v) is 4.51. The molecular weight excluding hydrogens is 328 g/mol. The van der Waals surface area contributed by atoms with Gasteiger partial charge in [-0.1, -0.05) is 23.5 Å². The van der Waals surface area contributed by atoms with E-state index in [0.29, 0.717) is 10.1 Å². The van der Waals surface area contributed by atoms with Crippen LogP contribution in [0.15, 0.2) is 24.4 Å². The number of carbonyl (C=O) groups excluding carboxylic acids is 1. The van der Waals surface area contributed by atoms with Crippen molar-refractivity contribution in [2.75, 3.05) is 5.32 Å². The molecule has 9 heteroatoms. The summed E-state index contributed by atoms with van der Waals surface area (Å²) >= 11 is 1.26. The Kier molecular flexibility index (Phi) is 4.52. The number of carbonyl (C=O) groups is 1. The third-order valence-electron chi connectivity index (χ3n) is 3.52. The number of H-pyrrole nitrogens is 1. The van der Waals surface area contributed by atoms with Crippen molar-refractivity contribution in [2.24, 2.45) is 0 Å². The molecule has 8 nitrogen and oxygen atoms in total. The van der Waals surface area contributed by atoms with Crippen LogP contribution in [0.4, 0.5) is 5.13 Å². The lowest BCUT2D eigenvalue weighted by atomic mass is 10.1. The molecule has 0 aliphatic rings. The van der Waals surface area contributed by atoms with Gasteiger partial charge in [-0.15, -0.1) is 10.2 Å². The number of aryl methyl sites for hydroxylation is 1. The summed E-state index contributed by atoms with van der Waals surface area (Å²) in [5.74, 6) is 0.417. The number of anilines is 1. The van der Waals surface area contributed by atoms with Crippen molar-refractivity contribution in [1.29, 1.82) is 0 Å². The second kappa shape index (κ2) is 6.75. The highest BCUT2D eigenvalue weighted by molar-refractivity contribution is 7.15. The minimum absolute atomic E-state index is 0.187.